The molecule has 0 saturated heterocycles. The van der Waals surface area contributed by atoms with Gasteiger partial charge in [-0.2, -0.15) is 5.10 Å². The number of nitrogen functional groups attached to an aromatic ring is 1. The molecule has 88 valence electrons. The zero-order chi connectivity index (χ0) is 12.1. The maximum absolute atomic E-state index is 5.62. The van der Waals surface area contributed by atoms with Crippen LogP contribution in [0.25, 0.3) is 12.2 Å². The number of aryl methyl sites for hydroxylation is 1. The summed E-state index contributed by atoms with van der Waals surface area (Å²) in [4.78, 5) is 4.35. The molecule has 0 aliphatic heterocycles. The van der Waals surface area contributed by atoms with Crippen LogP contribution in [0.1, 0.15) is 30.6 Å². The van der Waals surface area contributed by atoms with Crippen molar-refractivity contribution in [3.8, 4) is 0 Å². The van der Waals surface area contributed by atoms with Crippen molar-refractivity contribution in [3.63, 3.8) is 0 Å². The summed E-state index contributed by atoms with van der Waals surface area (Å²) >= 11 is 0. The summed E-state index contributed by atoms with van der Waals surface area (Å²) in [6.45, 7) is 2.12. The minimum absolute atomic E-state index is 0.713. The number of hydrogen-bond acceptors (Lipinski definition) is 3. The molecule has 0 atom stereocenters. The Labute approximate surface area is 101 Å². The molecule has 0 unspecified atom stereocenters. The SMILES string of the molecule is CCCc1nc(/C=C/c2ccc(N)cc2)n[nH]1. The summed E-state index contributed by atoms with van der Waals surface area (Å²) in [6.07, 6.45) is 5.86. The fraction of sp³-hybridized carbons (Fsp3) is 0.231. The van der Waals surface area contributed by atoms with Crippen molar-refractivity contribution in [2.45, 2.75) is 19.8 Å². The van der Waals surface area contributed by atoms with Crippen molar-refractivity contribution in [2.75, 3.05) is 5.73 Å². The minimum atomic E-state index is 0.713. The van der Waals surface area contributed by atoms with E-state index in [4.69, 9.17) is 5.73 Å². The van der Waals surface area contributed by atoms with Crippen molar-refractivity contribution >= 4 is 17.8 Å². The summed E-state index contributed by atoms with van der Waals surface area (Å²) in [5.41, 5.74) is 7.47. The van der Waals surface area contributed by atoms with Crippen molar-refractivity contribution in [1.82, 2.24) is 15.2 Å². The largest absolute Gasteiger partial charge is 0.399 e. The van der Waals surface area contributed by atoms with Crippen LogP contribution in [0.15, 0.2) is 24.3 Å². The second-order valence-electron chi connectivity index (χ2n) is 3.89. The van der Waals surface area contributed by atoms with Gasteiger partial charge in [-0.25, -0.2) is 4.98 Å². The predicted molar refractivity (Wildman–Crippen MR) is 70.2 cm³/mol. The zero-order valence-corrected chi connectivity index (χ0v) is 9.85. The van der Waals surface area contributed by atoms with E-state index >= 15 is 0 Å². The van der Waals surface area contributed by atoms with Crippen LogP contribution >= 0.6 is 0 Å². The van der Waals surface area contributed by atoms with Crippen LogP contribution in [-0.2, 0) is 6.42 Å². The van der Waals surface area contributed by atoms with Gasteiger partial charge in [0.15, 0.2) is 5.82 Å². The molecule has 0 spiro atoms. The molecule has 4 nitrogen and oxygen atoms in total. The summed E-state index contributed by atoms with van der Waals surface area (Å²) < 4.78 is 0. The van der Waals surface area contributed by atoms with Gasteiger partial charge in [0.2, 0.25) is 0 Å². The summed E-state index contributed by atoms with van der Waals surface area (Å²) in [5, 5.41) is 7.04. The smallest absolute Gasteiger partial charge is 0.173 e. The topological polar surface area (TPSA) is 67.6 Å². The lowest BCUT2D eigenvalue weighted by atomic mass is 10.2. The van der Waals surface area contributed by atoms with E-state index in [9.17, 15) is 0 Å². The van der Waals surface area contributed by atoms with Crippen LogP contribution in [-0.4, -0.2) is 15.2 Å². The Morgan fingerprint density at radius 2 is 2.00 bits per heavy atom. The third kappa shape index (κ3) is 3.17. The van der Waals surface area contributed by atoms with E-state index in [0.29, 0.717) is 5.82 Å². The van der Waals surface area contributed by atoms with E-state index in [1.807, 2.05) is 36.4 Å². The number of nitrogens with one attached hydrogen (secondary N) is 1. The summed E-state index contributed by atoms with van der Waals surface area (Å²) in [7, 11) is 0. The first-order valence-electron chi connectivity index (χ1n) is 5.73. The Hall–Kier alpha value is -2.10. The molecule has 0 bridgehead atoms. The van der Waals surface area contributed by atoms with E-state index in [-0.39, 0.29) is 0 Å². The average Bonchev–Trinajstić information content (AvgIpc) is 2.77. The molecular formula is C13H16N4. The highest BCUT2D eigenvalue weighted by Gasteiger charge is 1.98. The molecule has 0 radical (unpaired) electrons. The monoisotopic (exact) mass is 228 g/mol. The Bertz CT molecular complexity index is 496. The normalized spacial score (nSPS) is 11.1. The Morgan fingerprint density at radius 1 is 1.24 bits per heavy atom. The lowest BCUT2D eigenvalue weighted by molar-refractivity contribution is 0.841. The predicted octanol–water partition coefficient (Wildman–Crippen LogP) is 2.51. The van der Waals surface area contributed by atoms with E-state index in [1.165, 1.54) is 0 Å². The van der Waals surface area contributed by atoms with Crippen molar-refractivity contribution in [1.29, 1.82) is 0 Å². The fourth-order valence-corrected chi connectivity index (χ4v) is 1.51. The molecule has 1 aromatic heterocycles. The Balaban J connectivity index is 2.06. The van der Waals surface area contributed by atoms with Crippen LogP contribution in [0.3, 0.4) is 0 Å². The van der Waals surface area contributed by atoms with Gasteiger partial charge in [-0.1, -0.05) is 25.1 Å². The maximum atomic E-state index is 5.62. The van der Waals surface area contributed by atoms with Crippen molar-refractivity contribution < 1.29 is 0 Å². The molecule has 1 heterocycles. The van der Waals surface area contributed by atoms with Gasteiger partial charge in [0.25, 0.3) is 0 Å². The first-order valence-corrected chi connectivity index (χ1v) is 5.73. The molecular weight excluding hydrogens is 212 g/mol. The molecule has 0 aliphatic carbocycles. The molecule has 3 N–H and O–H groups in total. The number of aromatic amines is 1. The second kappa shape index (κ2) is 5.30. The van der Waals surface area contributed by atoms with E-state index in [2.05, 4.69) is 22.1 Å². The highest BCUT2D eigenvalue weighted by Crippen LogP contribution is 2.08. The Kier molecular flexibility index (Phi) is 3.55. The van der Waals surface area contributed by atoms with Gasteiger partial charge in [0.1, 0.15) is 5.82 Å². The van der Waals surface area contributed by atoms with E-state index in [0.717, 1.165) is 29.9 Å². The first-order chi connectivity index (χ1) is 8.28. The molecule has 2 aromatic rings. The van der Waals surface area contributed by atoms with Crippen molar-refractivity contribution in [3.05, 3.63) is 41.5 Å². The third-order valence-corrected chi connectivity index (χ3v) is 2.40. The fourth-order valence-electron chi connectivity index (χ4n) is 1.51. The van der Waals surface area contributed by atoms with Crippen LogP contribution in [0.5, 0.6) is 0 Å². The average molecular weight is 228 g/mol. The number of aromatic nitrogens is 3. The van der Waals surface area contributed by atoms with Crippen LogP contribution in [0.4, 0.5) is 5.69 Å². The van der Waals surface area contributed by atoms with Gasteiger partial charge in [-0.05, 0) is 30.2 Å². The molecule has 2 rings (SSSR count). The van der Waals surface area contributed by atoms with Crippen LogP contribution in [0, 0.1) is 0 Å². The van der Waals surface area contributed by atoms with Crippen LogP contribution < -0.4 is 5.73 Å². The van der Waals surface area contributed by atoms with Gasteiger partial charge < -0.3 is 5.73 Å². The summed E-state index contributed by atoms with van der Waals surface area (Å²) in [6, 6.07) is 7.68. The van der Waals surface area contributed by atoms with E-state index < -0.39 is 0 Å². The van der Waals surface area contributed by atoms with Gasteiger partial charge >= 0.3 is 0 Å². The number of anilines is 1. The second-order valence-corrected chi connectivity index (χ2v) is 3.89. The molecule has 4 heteroatoms. The van der Waals surface area contributed by atoms with E-state index in [1.54, 1.807) is 0 Å². The number of hydrogen-bond donors (Lipinski definition) is 2. The molecule has 0 fully saturated rings. The Morgan fingerprint density at radius 3 is 2.71 bits per heavy atom. The first kappa shape index (κ1) is 11.4. The number of rotatable bonds is 4. The van der Waals surface area contributed by atoms with Gasteiger partial charge in [-0.15, -0.1) is 0 Å². The maximum Gasteiger partial charge on any atom is 0.173 e. The van der Waals surface area contributed by atoms with Crippen molar-refractivity contribution in [2.24, 2.45) is 0 Å². The lowest BCUT2D eigenvalue weighted by Gasteiger charge is -1.93. The molecule has 0 amide bonds. The number of benzene rings is 1. The number of H-pyrrole nitrogens is 1. The lowest BCUT2D eigenvalue weighted by Crippen LogP contribution is -1.85. The minimum Gasteiger partial charge on any atom is -0.399 e. The van der Waals surface area contributed by atoms with Gasteiger partial charge in [-0.3, -0.25) is 5.10 Å². The summed E-state index contributed by atoms with van der Waals surface area (Å²) in [5.74, 6) is 1.65. The number of nitrogens with zero attached hydrogens (tertiary/aromatic N) is 2. The standard InChI is InChI=1S/C13H16N4/c1-2-3-12-15-13(17-16-12)9-6-10-4-7-11(14)8-5-10/h4-9H,2-3,14H2,1H3,(H,15,16,17)/b9-6+. The molecule has 0 aliphatic rings. The molecule has 0 saturated carbocycles. The quantitative estimate of drug-likeness (QED) is 0.790. The number of nitrogens with two attached hydrogens (primary N) is 1. The molecule has 1 aromatic carbocycles. The van der Waals surface area contributed by atoms with Gasteiger partial charge in [0.05, 0.1) is 0 Å². The third-order valence-electron chi connectivity index (χ3n) is 2.40. The molecule has 17 heavy (non-hydrogen) atoms. The highest BCUT2D eigenvalue weighted by atomic mass is 15.2. The van der Waals surface area contributed by atoms with Crippen LogP contribution in [0.2, 0.25) is 0 Å². The highest BCUT2D eigenvalue weighted by molar-refractivity contribution is 5.67. The zero-order valence-electron chi connectivity index (χ0n) is 9.85. The van der Waals surface area contributed by atoms with Gasteiger partial charge in [0, 0.05) is 12.1 Å².